The monoisotopic (exact) mass is 258 g/mol. The summed E-state index contributed by atoms with van der Waals surface area (Å²) in [5.41, 5.74) is 4.82. The average molecular weight is 258 g/mol. The van der Waals surface area contributed by atoms with Crippen LogP contribution in [0.4, 0.5) is 0 Å². The maximum absolute atomic E-state index is 11.3. The predicted octanol–water partition coefficient (Wildman–Crippen LogP) is -0.502. The molecule has 1 saturated heterocycles. The molecule has 6 nitrogen and oxygen atoms in total. The van der Waals surface area contributed by atoms with Gasteiger partial charge in [0.2, 0.25) is 5.91 Å². The van der Waals surface area contributed by atoms with Gasteiger partial charge in [0.05, 0.1) is 24.5 Å². The molecule has 2 atom stereocenters. The number of aliphatic hydroxyl groups excluding tert-OH is 1. The van der Waals surface area contributed by atoms with Gasteiger partial charge in [-0.1, -0.05) is 0 Å². The van der Waals surface area contributed by atoms with E-state index in [2.05, 4.69) is 0 Å². The fourth-order valence-corrected chi connectivity index (χ4v) is 2.19. The molecule has 0 saturated carbocycles. The Morgan fingerprint density at radius 1 is 1.56 bits per heavy atom. The van der Waals surface area contributed by atoms with Crippen LogP contribution >= 0.6 is 0 Å². The van der Waals surface area contributed by atoms with Gasteiger partial charge in [-0.3, -0.25) is 14.5 Å². The van der Waals surface area contributed by atoms with Gasteiger partial charge in [-0.2, -0.15) is 0 Å². The minimum Gasteiger partial charge on any atom is -0.466 e. The highest BCUT2D eigenvalue weighted by molar-refractivity contribution is 5.81. The first kappa shape index (κ1) is 14.9. The molecule has 0 aromatic carbocycles. The van der Waals surface area contributed by atoms with E-state index in [0.29, 0.717) is 32.7 Å². The quantitative estimate of drug-likeness (QED) is 0.626. The number of hydrogen-bond donors (Lipinski definition) is 2. The SMILES string of the molecule is CCOC(=O)CC(O)CN1CCC(C)(C(N)=O)C1. The number of likely N-dealkylation sites (tertiary alicyclic amines) is 1. The van der Waals surface area contributed by atoms with E-state index in [1.54, 1.807) is 6.92 Å². The third-order valence-corrected chi connectivity index (χ3v) is 3.32. The van der Waals surface area contributed by atoms with Crippen LogP contribution in [0.15, 0.2) is 0 Å². The Morgan fingerprint density at radius 2 is 2.22 bits per heavy atom. The molecule has 1 heterocycles. The summed E-state index contributed by atoms with van der Waals surface area (Å²) in [4.78, 5) is 24.4. The predicted molar refractivity (Wildman–Crippen MR) is 65.6 cm³/mol. The first-order valence-corrected chi connectivity index (χ1v) is 6.23. The van der Waals surface area contributed by atoms with Gasteiger partial charge in [0.15, 0.2) is 0 Å². The molecular formula is C12H22N2O4. The Kier molecular flexibility index (Phi) is 5.10. The second-order valence-corrected chi connectivity index (χ2v) is 5.07. The summed E-state index contributed by atoms with van der Waals surface area (Å²) in [6, 6.07) is 0. The van der Waals surface area contributed by atoms with E-state index in [9.17, 15) is 14.7 Å². The van der Waals surface area contributed by atoms with Gasteiger partial charge >= 0.3 is 5.97 Å². The number of ether oxygens (including phenoxy) is 1. The zero-order chi connectivity index (χ0) is 13.8. The maximum atomic E-state index is 11.3. The van der Waals surface area contributed by atoms with Crippen molar-refractivity contribution in [2.45, 2.75) is 32.8 Å². The normalized spacial score (nSPS) is 25.9. The van der Waals surface area contributed by atoms with Crippen molar-refractivity contribution in [2.24, 2.45) is 11.1 Å². The number of rotatable bonds is 6. The Hall–Kier alpha value is -1.14. The molecule has 0 bridgehead atoms. The van der Waals surface area contributed by atoms with Crippen molar-refractivity contribution in [3.05, 3.63) is 0 Å². The molecule has 6 heteroatoms. The minimum atomic E-state index is -0.765. The zero-order valence-corrected chi connectivity index (χ0v) is 11.0. The lowest BCUT2D eigenvalue weighted by Crippen LogP contribution is -2.39. The number of primary amides is 1. The number of β-amino-alcohol motifs (C(OH)–C–C–N with tert-alkyl or cyclic N) is 1. The molecule has 0 aromatic rings. The van der Waals surface area contributed by atoms with Crippen molar-refractivity contribution in [2.75, 3.05) is 26.2 Å². The van der Waals surface area contributed by atoms with Gasteiger partial charge in [-0.25, -0.2) is 0 Å². The highest BCUT2D eigenvalue weighted by Gasteiger charge is 2.39. The van der Waals surface area contributed by atoms with E-state index in [1.165, 1.54) is 0 Å². The molecule has 104 valence electrons. The first-order valence-electron chi connectivity index (χ1n) is 6.23. The zero-order valence-electron chi connectivity index (χ0n) is 11.0. The number of amides is 1. The van der Waals surface area contributed by atoms with E-state index >= 15 is 0 Å². The molecular weight excluding hydrogens is 236 g/mol. The highest BCUT2D eigenvalue weighted by atomic mass is 16.5. The Bertz CT molecular complexity index is 321. The van der Waals surface area contributed by atoms with Crippen molar-refractivity contribution in [1.82, 2.24) is 4.90 Å². The Labute approximate surface area is 107 Å². The number of carbonyl (C=O) groups is 2. The second kappa shape index (κ2) is 6.15. The van der Waals surface area contributed by atoms with Crippen molar-refractivity contribution in [3.8, 4) is 0 Å². The summed E-state index contributed by atoms with van der Waals surface area (Å²) in [5.74, 6) is -0.716. The molecule has 1 rings (SSSR count). The van der Waals surface area contributed by atoms with Crippen LogP contribution in [0.2, 0.25) is 0 Å². The van der Waals surface area contributed by atoms with Crippen LogP contribution in [0.5, 0.6) is 0 Å². The maximum Gasteiger partial charge on any atom is 0.308 e. The third kappa shape index (κ3) is 3.96. The van der Waals surface area contributed by atoms with E-state index in [4.69, 9.17) is 10.5 Å². The second-order valence-electron chi connectivity index (χ2n) is 5.07. The van der Waals surface area contributed by atoms with Gasteiger partial charge in [-0.15, -0.1) is 0 Å². The average Bonchev–Trinajstić information content (AvgIpc) is 2.61. The molecule has 1 aliphatic heterocycles. The Balaban J connectivity index is 2.36. The summed E-state index contributed by atoms with van der Waals surface area (Å²) < 4.78 is 4.76. The van der Waals surface area contributed by atoms with Crippen LogP contribution in [-0.4, -0.2) is 54.2 Å². The number of aliphatic hydroxyl groups is 1. The number of carbonyl (C=O) groups excluding carboxylic acids is 2. The van der Waals surface area contributed by atoms with Crippen molar-refractivity contribution >= 4 is 11.9 Å². The molecule has 1 aliphatic rings. The van der Waals surface area contributed by atoms with Crippen LogP contribution in [0, 0.1) is 5.41 Å². The molecule has 3 N–H and O–H groups in total. The summed E-state index contributed by atoms with van der Waals surface area (Å²) >= 11 is 0. The van der Waals surface area contributed by atoms with Gasteiger partial charge in [0.25, 0.3) is 0 Å². The number of esters is 1. The summed E-state index contributed by atoms with van der Waals surface area (Å²) in [6.45, 7) is 5.47. The Morgan fingerprint density at radius 3 is 2.72 bits per heavy atom. The van der Waals surface area contributed by atoms with Gasteiger partial charge < -0.3 is 15.6 Å². The topological polar surface area (TPSA) is 92.9 Å². The molecule has 18 heavy (non-hydrogen) atoms. The molecule has 2 unspecified atom stereocenters. The van der Waals surface area contributed by atoms with Crippen LogP contribution in [0.25, 0.3) is 0 Å². The van der Waals surface area contributed by atoms with Crippen LogP contribution in [0.1, 0.15) is 26.7 Å². The van der Waals surface area contributed by atoms with Gasteiger partial charge in [-0.05, 0) is 26.8 Å². The van der Waals surface area contributed by atoms with Crippen molar-refractivity contribution in [1.29, 1.82) is 0 Å². The fraction of sp³-hybridized carbons (Fsp3) is 0.833. The van der Waals surface area contributed by atoms with E-state index in [0.717, 1.165) is 0 Å². The van der Waals surface area contributed by atoms with Gasteiger partial charge in [0.1, 0.15) is 0 Å². The lowest BCUT2D eigenvalue weighted by atomic mass is 9.89. The lowest BCUT2D eigenvalue weighted by molar-refractivity contribution is -0.145. The van der Waals surface area contributed by atoms with Crippen LogP contribution in [-0.2, 0) is 14.3 Å². The lowest BCUT2D eigenvalue weighted by Gasteiger charge is -2.22. The summed E-state index contributed by atoms with van der Waals surface area (Å²) in [5, 5.41) is 9.76. The smallest absolute Gasteiger partial charge is 0.308 e. The minimum absolute atomic E-state index is 0.0162. The molecule has 1 amide bonds. The summed E-state index contributed by atoms with van der Waals surface area (Å²) in [6.07, 6.45) is -0.0919. The standard InChI is InChI=1S/C12H22N2O4/c1-3-18-10(16)6-9(15)7-14-5-4-12(2,8-14)11(13)17/h9,15H,3-8H2,1-2H3,(H2,13,17). The fourth-order valence-electron chi connectivity index (χ4n) is 2.19. The van der Waals surface area contributed by atoms with Crippen molar-refractivity contribution < 1.29 is 19.4 Å². The van der Waals surface area contributed by atoms with Crippen LogP contribution < -0.4 is 5.73 Å². The molecule has 1 fully saturated rings. The molecule has 0 aliphatic carbocycles. The van der Waals surface area contributed by atoms with Crippen LogP contribution in [0.3, 0.4) is 0 Å². The first-order chi connectivity index (χ1) is 8.37. The molecule has 0 spiro atoms. The number of hydrogen-bond acceptors (Lipinski definition) is 5. The summed E-state index contributed by atoms with van der Waals surface area (Å²) in [7, 11) is 0. The largest absolute Gasteiger partial charge is 0.466 e. The van der Waals surface area contributed by atoms with Gasteiger partial charge in [0, 0.05) is 13.1 Å². The highest BCUT2D eigenvalue weighted by Crippen LogP contribution is 2.29. The van der Waals surface area contributed by atoms with E-state index in [1.807, 2.05) is 11.8 Å². The number of nitrogens with two attached hydrogens (primary N) is 1. The van der Waals surface area contributed by atoms with E-state index in [-0.39, 0.29) is 12.3 Å². The molecule has 0 aromatic heterocycles. The van der Waals surface area contributed by atoms with Crippen molar-refractivity contribution in [3.63, 3.8) is 0 Å². The molecule has 0 radical (unpaired) electrons. The van der Waals surface area contributed by atoms with E-state index < -0.39 is 17.5 Å². The number of nitrogens with zero attached hydrogens (tertiary/aromatic N) is 1. The third-order valence-electron chi connectivity index (χ3n) is 3.32.